The number of likely N-dealkylation sites (N-methyl/N-ethyl adjacent to an activating group) is 1. The van der Waals surface area contributed by atoms with Gasteiger partial charge in [0.25, 0.3) is 0 Å². The van der Waals surface area contributed by atoms with Crippen molar-refractivity contribution in [1.82, 2.24) is 10.2 Å². The van der Waals surface area contributed by atoms with Gasteiger partial charge in [-0.05, 0) is 65.5 Å². The van der Waals surface area contributed by atoms with Crippen molar-refractivity contribution in [2.24, 2.45) is 0 Å². The van der Waals surface area contributed by atoms with Crippen LogP contribution < -0.4 is 5.32 Å². The van der Waals surface area contributed by atoms with Crippen molar-refractivity contribution in [1.29, 1.82) is 0 Å². The van der Waals surface area contributed by atoms with E-state index in [9.17, 15) is 14.4 Å². The number of esters is 2. The van der Waals surface area contributed by atoms with Gasteiger partial charge < -0.3 is 29.2 Å². The monoisotopic (exact) mass is 811 g/mol. The first-order valence-corrected chi connectivity index (χ1v) is 24.4. The van der Waals surface area contributed by atoms with Crippen molar-refractivity contribution in [2.45, 2.75) is 238 Å². The van der Waals surface area contributed by atoms with Crippen molar-refractivity contribution in [3.63, 3.8) is 0 Å². The molecule has 0 aliphatic carbocycles. The van der Waals surface area contributed by atoms with E-state index in [4.69, 9.17) is 18.9 Å². The number of carbonyl (C=O) groups is 3. The van der Waals surface area contributed by atoms with Crippen LogP contribution in [0.4, 0.5) is 4.79 Å². The summed E-state index contributed by atoms with van der Waals surface area (Å²) in [5.41, 5.74) is 0. The van der Waals surface area contributed by atoms with Crippen LogP contribution in [-0.2, 0) is 28.5 Å². The van der Waals surface area contributed by atoms with Gasteiger partial charge in [-0.25, -0.2) is 4.79 Å². The zero-order valence-corrected chi connectivity index (χ0v) is 38.2. The van der Waals surface area contributed by atoms with E-state index in [1.165, 1.54) is 141 Å². The molecule has 0 fully saturated rings. The third-order valence-electron chi connectivity index (χ3n) is 10.8. The maximum absolute atomic E-state index is 12.5. The standard InChI is InChI=1S/C48H94N2O7/c1-5-7-9-11-13-15-17-19-21-23-25-27-29-37-46(51)55-41-33-31-35-45(57-48(53)49-39-43-54-44-40-50(3)4)36-32-34-42-56-47(52)38-30-28-26-24-22-20-18-16-14-12-10-8-6-2/h45H,5-44H2,1-4H3,(H,49,53). The van der Waals surface area contributed by atoms with Gasteiger partial charge in [-0.2, -0.15) is 0 Å². The fourth-order valence-corrected chi connectivity index (χ4v) is 7.07. The molecule has 1 amide bonds. The Morgan fingerprint density at radius 1 is 0.456 bits per heavy atom. The maximum Gasteiger partial charge on any atom is 0.407 e. The van der Waals surface area contributed by atoms with Gasteiger partial charge in [-0.15, -0.1) is 0 Å². The zero-order chi connectivity index (χ0) is 41.7. The molecular formula is C48H94N2O7. The van der Waals surface area contributed by atoms with Gasteiger partial charge >= 0.3 is 18.0 Å². The molecule has 0 heterocycles. The predicted octanol–water partition coefficient (Wildman–Crippen LogP) is 13.0. The lowest BCUT2D eigenvalue weighted by molar-refractivity contribution is -0.144. The van der Waals surface area contributed by atoms with Crippen LogP contribution in [0.3, 0.4) is 0 Å². The normalized spacial score (nSPS) is 11.4. The lowest BCUT2D eigenvalue weighted by atomic mass is 10.0. The zero-order valence-electron chi connectivity index (χ0n) is 38.2. The smallest absolute Gasteiger partial charge is 0.407 e. The number of alkyl carbamates (subject to hydrolysis) is 1. The van der Waals surface area contributed by atoms with E-state index in [-0.39, 0.29) is 18.0 Å². The van der Waals surface area contributed by atoms with E-state index in [0.717, 1.165) is 57.9 Å². The van der Waals surface area contributed by atoms with Crippen LogP contribution in [-0.4, -0.2) is 82.6 Å². The van der Waals surface area contributed by atoms with Gasteiger partial charge in [0.15, 0.2) is 0 Å². The highest BCUT2D eigenvalue weighted by Crippen LogP contribution is 2.16. The summed E-state index contributed by atoms with van der Waals surface area (Å²) in [5, 5.41) is 2.80. The molecule has 0 spiro atoms. The highest BCUT2D eigenvalue weighted by Gasteiger charge is 2.15. The Hall–Kier alpha value is -1.87. The topological polar surface area (TPSA) is 103 Å². The van der Waals surface area contributed by atoms with E-state index < -0.39 is 6.09 Å². The summed E-state index contributed by atoms with van der Waals surface area (Å²) in [6, 6.07) is 0. The van der Waals surface area contributed by atoms with E-state index >= 15 is 0 Å². The molecule has 0 aliphatic heterocycles. The van der Waals surface area contributed by atoms with Gasteiger partial charge in [-0.1, -0.05) is 168 Å². The number of nitrogens with zero attached hydrogens (tertiary/aromatic N) is 1. The van der Waals surface area contributed by atoms with Crippen LogP contribution in [0.15, 0.2) is 0 Å². The third kappa shape index (κ3) is 45.1. The summed E-state index contributed by atoms with van der Waals surface area (Å²) < 4.78 is 22.4. The van der Waals surface area contributed by atoms with Crippen molar-refractivity contribution >= 4 is 18.0 Å². The lowest BCUT2D eigenvalue weighted by Gasteiger charge is -2.18. The first kappa shape index (κ1) is 55.1. The Morgan fingerprint density at radius 3 is 1.19 bits per heavy atom. The highest BCUT2D eigenvalue weighted by atomic mass is 16.6. The summed E-state index contributed by atoms with van der Waals surface area (Å²) >= 11 is 0. The SMILES string of the molecule is CCCCCCCCCCCCCCCC(=O)OCCCCC(CCCCOC(=O)CCCCCCCCCCCCCCC)OC(=O)NCCOCCN(C)C. The average molecular weight is 811 g/mol. The van der Waals surface area contributed by atoms with Crippen LogP contribution in [0.25, 0.3) is 0 Å². The number of hydrogen-bond donors (Lipinski definition) is 1. The molecule has 0 unspecified atom stereocenters. The number of amides is 1. The minimum absolute atomic E-state index is 0.110. The van der Waals surface area contributed by atoms with Crippen molar-refractivity contribution in [3.05, 3.63) is 0 Å². The quantitative estimate of drug-likeness (QED) is 0.0368. The third-order valence-corrected chi connectivity index (χ3v) is 10.8. The molecule has 57 heavy (non-hydrogen) atoms. The number of nitrogens with one attached hydrogen (secondary N) is 1. The Labute approximate surface area is 352 Å². The minimum Gasteiger partial charge on any atom is -0.466 e. The second-order valence-corrected chi connectivity index (χ2v) is 16.8. The number of hydrogen-bond acceptors (Lipinski definition) is 8. The molecule has 0 saturated heterocycles. The molecule has 0 rings (SSSR count). The Kier molecular flexibility index (Phi) is 43.7. The van der Waals surface area contributed by atoms with Crippen LogP contribution in [0.2, 0.25) is 0 Å². The summed E-state index contributed by atoms with van der Waals surface area (Å²) in [6.07, 6.45) is 38.2. The molecule has 0 atom stereocenters. The molecule has 9 nitrogen and oxygen atoms in total. The fourth-order valence-electron chi connectivity index (χ4n) is 7.07. The lowest BCUT2D eigenvalue weighted by Crippen LogP contribution is -2.32. The molecule has 9 heteroatoms. The van der Waals surface area contributed by atoms with Gasteiger partial charge in [0, 0.05) is 25.9 Å². The fraction of sp³-hybridized carbons (Fsp3) is 0.938. The molecule has 0 aromatic rings. The molecule has 0 aliphatic rings. The van der Waals surface area contributed by atoms with Gasteiger partial charge in [0.1, 0.15) is 6.10 Å². The van der Waals surface area contributed by atoms with Crippen LogP contribution in [0.5, 0.6) is 0 Å². The summed E-state index contributed by atoms with van der Waals surface area (Å²) in [4.78, 5) is 39.1. The van der Waals surface area contributed by atoms with Gasteiger partial charge in [0.2, 0.25) is 0 Å². The molecule has 0 saturated carbocycles. The first-order valence-electron chi connectivity index (χ1n) is 24.4. The molecule has 0 bridgehead atoms. The largest absolute Gasteiger partial charge is 0.466 e. The summed E-state index contributed by atoms with van der Waals surface area (Å²) in [5.74, 6) is -0.219. The average Bonchev–Trinajstić information content (AvgIpc) is 3.19. The molecule has 0 aromatic carbocycles. The minimum atomic E-state index is -0.440. The summed E-state index contributed by atoms with van der Waals surface area (Å²) in [7, 11) is 3.99. The maximum atomic E-state index is 12.5. The van der Waals surface area contributed by atoms with Crippen molar-refractivity contribution in [2.75, 3.05) is 53.6 Å². The molecule has 0 aromatic heterocycles. The Balaban J connectivity index is 4.13. The van der Waals surface area contributed by atoms with Crippen LogP contribution in [0.1, 0.15) is 232 Å². The summed E-state index contributed by atoms with van der Waals surface area (Å²) in [6.45, 7) is 7.60. The Morgan fingerprint density at radius 2 is 0.825 bits per heavy atom. The van der Waals surface area contributed by atoms with E-state index in [1.807, 2.05) is 14.1 Å². The van der Waals surface area contributed by atoms with Crippen molar-refractivity contribution in [3.8, 4) is 0 Å². The number of rotatable bonds is 45. The number of ether oxygens (including phenoxy) is 4. The second-order valence-electron chi connectivity index (χ2n) is 16.8. The number of unbranched alkanes of at least 4 members (excludes halogenated alkanes) is 26. The van der Waals surface area contributed by atoms with E-state index in [0.29, 0.717) is 58.7 Å². The van der Waals surface area contributed by atoms with Crippen LogP contribution >= 0.6 is 0 Å². The number of carbonyl (C=O) groups excluding carboxylic acids is 3. The molecule has 338 valence electrons. The van der Waals surface area contributed by atoms with Gasteiger partial charge in [0.05, 0.1) is 26.4 Å². The molecule has 1 N–H and O–H groups in total. The highest BCUT2D eigenvalue weighted by molar-refractivity contribution is 5.69. The predicted molar refractivity (Wildman–Crippen MR) is 238 cm³/mol. The Bertz CT molecular complexity index is 820. The van der Waals surface area contributed by atoms with Crippen molar-refractivity contribution < 1.29 is 33.3 Å². The second kappa shape index (κ2) is 45.2. The molecular weight excluding hydrogens is 717 g/mol. The van der Waals surface area contributed by atoms with Gasteiger partial charge in [-0.3, -0.25) is 9.59 Å². The van der Waals surface area contributed by atoms with E-state index in [2.05, 4.69) is 24.1 Å². The first-order chi connectivity index (χ1) is 27.9. The molecule has 0 radical (unpaired) electrons. The van der Waals surface area contributed by atoms with Crippen LogP contribution in [0, 0.1) is 0 Å². The van der Waals surface area contributed by atoms with E-state index in [1.54, 1.807) is 0 Å².